The molecule has 23 heavy (non-hydrogen) atoms. The molecule has 0 radical (unpaired) electrons. The second kappa shape index (κ2) is 5.47. The molecule has 0 aromatic heterocycles. The maximum Gasteiger partial charge on any atom is 0.0568 e. The highest BCUT2D eigenvalue weighted by Crippen LogP contribution is 2.32. The van der Waals surface area contributed by atoms with Crippen molar-refractivity contribution in [3.63, 3.8) is 0 Å². The Bertz CT molecular complexity index is 1080. The van der Waals surface area contributed by atoms with Gasteiger partial charge in [0.15, 0.2) is 0 Å². The summed E-state index contributed by atoms with van der Waals surface area (Å²) in [6.07, 6.45) is 5.49. The molecule has 0 N–H and O–H groups in total. The van der Waals surface area contributed by atoms with Crippen molar-refractivity contribution in [2.45, 2.75) is 0 Å². The van der Waals surface area contributed by atoms with E-state index in [2.05, 4.69) is 66.6 Å². The van der Waals surface area contributed by atoms with E-state index in [1.807, 2.05) is 12.1 Å². The standard InChI is InChI=1S/C22H13Cl/c1-2-15-12-17-10-11-18(13-19(17)14-22(15)23)21-9-5-7-16-6-3-4-8-20(16)21/h1,3-14H. The van der Waals surface area contributed by atoms with Crippen LogP contribution in [0.3, 0.4) is 0 Å². The predicted molar refractivity (Wildman–Crippen MR) is 99.8 cm³/mol. The zero-order chi connectivity index (χ0) is 15.8. The van der Waals surface area contributed by atoms with Gasteiger partial charge in [-0.15, -0.1) is 6.42 Å². The maximum atomic E-state index is 6.25. The number of hydrogen-bond donors (Lipinski definition) is 0. The molecule has 0 bridgehead atoms. The Morgan fingerprint density at radius 1 is 0.739 bits per heavy atom. The zero-order valence-electron chi connectivity index (χ0n) is 12.4. The zero-order valence-corrected chi connectivity index (χ0v) is 13.1. The van der Waals surface area contributed by atoms with Crippen LogP contribution in [-0.4, -0.2) is 0 Å². The van der Waals surface area contributed by atoms with E-state index in [9.17, 15) is 0 Å². The third-order valence-electron chi connectivity index (χ3n) is 4.18. The monoisotopic (exact) mass is 312 g/mol. The van der Waals surface area contributed by atoms with Crippen molar-refractivity contribution in [1.29, 1.82) is 0 Å². The summed E-state index contributed by atoms with van der Waals surface area (Å²) in [5.74, 6) is 2.63. The summed E-state index contributed by atoms with van der Waals surface area (Å²) >= 11 is 6.25. The fourth-order valence-electron chi connectivity index (χ4n) is 3.03. The molecule has 0 heterocycles. The smallest absolute Gasteiger partial charge is 0.0568 e. The van der Waals surface area contributed by atoms with Gasteiger partial charge in [0.2, 0.25) is 0 Å². The molecule has 0 saturated carbocycles. The summed E-state index contributed by atoms with van der Waals surface area (Å²) in [6.45, 7) is 0. The third-order valence-corrected chi connectivity index (χ3v) is 4.50. The van der Waals surface area contributed by atoms with Crippen LogP contribution in [0.2, 0.25) is 5.02 Å². The van der Waals surface area contributed by atoms with Crippen molar-refractivity contribution in [3.05, 3.63) is 83.4 Å². The molecule has 0 atom stereocenters. The van der Waals surface area contributed by atoms with Crippen molar-refractivity contribution >= 4 is 33.1 Å². The van der Waals surface area contributed by atoms with Gasteiger partial charge in [0.1, 0.15) is 0 Å². The average molecular weight is 313 g/mol. The molecule has 0 spiro atoms. The van der Waals surface area contributed by atoms with Crippen LogP contribution >= 0.6 is 11.6 Å². The lowest BCUT2D eigenvalue weighted by atomic mass is 9.96. The number of benzene rings is 4. The SMILES string of the molecule is C#Cc1cc2ccc(-c3cccc4ccccc34)cc2cc1Cl. The maximum absolute atomic E-state index is 6.25. The molecule has 4 aromatic carbocycles. The van der Waals surface area contributed by atoms with E-state index in [0.29, 0.717) is 5.02 Å². The molecule has 1 heteroatoms. The molecule has 4 aromatic rings. The van der Waals surface area contributed by atoms with E-state index in [1.165, 1.54) is 21.9 Å². The first-order chi connectivity index (χ1) is 11.3. The molecule has 0 aliphatic carbocycles. The summed E-state index contributed by atoms with van der Waals surface area (Å²) in [4.78, 5) is 0. The van der Waals surface area contributed by atoms with Crippen LogP contribution in [0.4, 0.5) is 0 Å². The predicted octanol–water partition coefficient (Wildman–Crippen LogP) is 6.29. The van der Waals surface area contributed by atoms with Crippen LogP contribution in [0.15, 0.2) is 72.8 Å². The molecule has 0 unspecified atom stereocenters. The third kappa shape index (κ3) is 2.36. The first-order valence-electron chi connectivity index (χ1n) is 7.44. The summed E-state index contributed by atoms with van der Waals surface area (Å²) in [6, 6.07) is 25.1. The van der Waals surface area contributed by atoms with Gasteiger partial charge in [0.05, 0.1) is 5.02 Å². The van der Waals surface area contributed by atoms with Crippen molar-refractivity contribution in [3.8, 4) is 23.5 Å². The van der Waals surface area contributed by atoms with Gasteiger partial charge in [-0.1, -0.05) is 72.1 Å². The normalized spacial score (nSPS) is 10.8. The lowest BCUT2D eigenvalue weighted by Gasteiger charge is -2.09. The van der Waals surface area contributed by atoms with Crippen LogP contribution in [-0.2, 0) is 0 Å². The second-order valence-electron chi connectivity index (χ2n) is 5.57. The van der Waals surface area contributed by atoms with Crippen LogP contribution < -0.4 is 0 Å². The van der Waals surface area contributed by atoms with Crippen molar-refractivity contribution < 1.29 is 0 Å². The van der Waals surface area contributed by atoms with Gasteiger partial charge in [-0.25, -0.2) is 0 Å². The van der Waals surface area contributed by atoms with Crippen molar-refractivity contribution in [1.82, 2.24) is 0 Å². The number of terminal acetylenes is 1. The Balaban J connectivity index is 1.97. The first kappa shape index (κ1) is 13.9. The molecule has 0 amide bonds. The fraction of sp³-hybridized carbons (Fsp3) is 0. The van der Waals surface area contributed by atoms with Gasteiger partial charge >= 0.3 is 0 Å². The van der Waals surface area contributed by atoms with Crippen LogP contribution in [0.25, 0.3) is 32.7 Å². The Hall–Kier alpha value is -2.75. The Morgan fingerprint density at radius 2 is 1.57 bits per heavy atom. The minimum absolute atomic E-state index is 0.620. The van der Waals surface area contributed by atoms with E-state index < -0.39 is 0 Å². The summed E-state index contributed by atoms with van der Waals surface area (Å²) in [5, 5.41) is 5.31. The molecule has 108 valence electrons. The number of halogens is 1. The molecular weight excluding hydrogens is 300 g/mol. The highest BCUT2D eigenvalue weighted by atomic mass is 35.5. The van der Waals surface area contributed by atoms with E-state index in [1.54, 1.807) is 0 Å². The largest absolute Gasteiger partial charge is 0.115 e. The van der Waals surface area contributed by atoms with E-state index >= 15 is 0 Å². The Morgan fingerprint density at radius 3 is 2.43 bits per heavy atom. The minimum atomic E-state index is 0.620. The highest BCUT2D eigenvalue weighted by molar-refractivity contribution is 6.32. The molecule has 0 aliphatic heterocycles. The van der Waals surface area contributed by atoms with Gasteiger partial charge in [-0.3, -0.25) is 0 Å². The molecular formula is C22H13Cl. The van der Waals surface area contributed by atoms with Gasteiger partial charge in [-0.2, -0.15) is 0 Å². The van der Waals surface area contributed by atoms with Crippen LogP contribution in [0.5, 0.6) is 0 Å². The van der Waals surface area contributed by atoms with Gasteiger partial charge < -0.3 is 0 Å². The summed E-state index contributed by atoms with van der Waals surface area (Å²) in [5.41, 5.74) is 3.14. The van der Waals surface area contributed by atoms with Crippen LogP contribution in [0, 0.1) is 12.3 Å². The van der Waals surface area contributed by atoms with E-state index in [4.69, 9.17) is 18.0 Å². The highest BCUT2D eigenvalue weighted by Gasteiger charge is 2.06. The van der Waals surface area contributed by atoms with Gasteiger partial charge in [-0.05, 0) is 50.9 Å². The molecule has 0 saturated heterocycles. The average Bonchev–Trinajstić information content (AvgIpc) is 2.60. The minimum Gasteiger partial charge on any atom is -0.115 e. The van der Waals surface area contributed by atoms with Crippen LogP contribution in [0.1, 0.15) is 5.56 Å². The number of fused-ring (bicyclic) bond motifs is 2. The topological polar surface area (TPSA) is 0 Å². The fourth-order valence-corrected chi connectivity index (χ4v) is 3.25. The Kier molecular flexibility index (Phi) is 3.30. The van der Waals surface area contributed by atoms with E-state index in [-0.39, 0.29) is 0 Å². The molecule has 0 aliphatic rings. The van der Waals surface area contributed by atoms with Gasteiger partial charge in [0, 0.05) is 5.56 Å². The first-order valence-corrected chi connectivity index (χ1v) is 7.82. The van der Waals surface area contributed by atoms with Crippen molar-refractivity contribution in [2.24, 2.45) is 0 Å². The molecule has 0 fully saturated rings. The number of hydrogen-bond acceptors (Lipinski definition) is 0. The lowest BCUT2D eigenvalue weighted by molar-refractivity contribution is 1.66. The Labute approximate surface area is 140 Å². The quantitative estimate of drug-likeness (QED) is 0.362. The van der Waals surface area contributed by atoms with Crippen molar-refractivity contribution in [2.75, 3.05) is 0 Å². The molecule has 4 rings (SSSR count). The second-order valence-corrected chi connectivity index (χ2v) is 5.97. The van der Waals surface area contributed by atoms with E-state index in [0.717, 1.165) is 16.3 Å². The number of rotatable bonds is 1. The lowest BCUT2D eigenvalue weighted by Crippen LogP contribution is -1.84. The summed E-state index contributed by atoms with van der Waals surface area (Å²) in [7, 11) is 0. The van der Waals surface area contributed by atoms with Gasteiger partial charge in [0.25, 0.3) is 0 Å². The summed E-state index contributed by atoms with van der Waals surface area (Å²) < 4.78 is 0. The molecule has 0 nitrogen and oxygen atoms in total.